The van der Waals surface area contributed by atoms with Gasteiger partial charge in [0.05, 0.1) is 0 Å². The van der Waals surface area contributed by atoms with E-state index < -0.39 is 0 Å². The van der Waals surface area contributed by atoms with Gasteiger partial charge in [0.15, 0.2) is 0 Å². The summed E-state index contributed by atoms with van der Waals surface area (Å²) in [4.78, 5) is 0. The summed E-state index contributed by atoms with van der Waals surface area (Å²) >= 11 is 0. The second-order valence-electron chi connectivity index (χ2n) is 2.77. The molecular formula is C11H12FN. The van der Waals surface area contributed by atoms with Gasteiger partial charge >= 0.3 is 0 Å². The molecule has 0 atom stereocenters. The first-order chi connectivity index (χ1) is 6.26. The SMILES string of the molecule is C#Cc1cc(F)cc(CNCC)c1. The zero-order valence-corrected chi connectivity index (χ0v) is 7.60. The monoisotopic (exact) mass is 177 g/mol. The lowest BCUT2D eigenvalue weighted by Crippen LogP contribution is -2.11. The fraction of sp³-hybridized carbons (Fsp3) is 0.273. The fourth-order valence-corrected chi connectivity index (χ4v) is 1.11. The summed E-state index contributed by atoms with van der Waals surface area (Å²) in [6.45, 7) is 3.52. The van der Waals surface area contributed by atoms with Crippen LogP contribution in [-0.4, -0.2) is 6.54 Å². The van der Waals surface area contributed by atoms with E-state index in [0.29, 0.717) is 12.1 Å². The molecule has 0 unspecified atom stereocenters. The van der Waals surface area contributed by atoms with E-state index in [0.717, 1.165) is 12.1 Å². The van der Waals surface area contributed by atoms with Crippen molar-refractivity contribution in [2.75, 3.05) is 6.54 Å². The molecule has 1 nitrogen and oxygen atoms in total. The Balaban J connectivity index is 2.83. The Kier molecular flexibility index (Phi) is 3.48. The average Bonchev–Trinajstić information content (AvgIpc) is 2.14. The Morgan fingerprint density at radius 2 is 2.23 bits per heavy atom. The lowest BCUT2D eigenvalue weighted by atomic mass is 10.1. The molecule has 0 aliphatic heterocycles. The molecule has 2 heteroatoms. The van der Waals surface area contributed by atoms with Gasteiger partial charge in [-0.1, -0.05) is 12.8 Å². The van der Waals surface area contributed by atoms with Crippen molar-refractivity contribution < 1.29 is 4.39 Å². The number of hydrogen-bond donors (Lipinski definition) is 1. The second kappa shape index (κ2) is 4.64. The highest BCUT2D eigenvalue weighted by Gasteiger charge is 1.97. The molecule has 1 aromatic carbocycles. The number of hydrogen-bond acceptors (Lipinski definition) is 1. The largest absolute Gasteiger partial charge is 0.313 e. The molecule has 0 bridgehead atoms. The van der Waals surface area contributed by atoms with Gasteiger partial charge in [-0.15, -0.1) is 6.42 Å². The molecule has 1 N–H and O–H groups in total. The van der Waals surface area contributed by atoms with Crippen LogP contribution in [0.25, 0.3) is 0 Å². The standard InChI is InChI=1S/C11H12FN/c1-3-9-5-10(8-13-4-2)7-11(12)6-9/h1,5-7,13H,4,8H2,2H3. The molecule has 0 radical (unpaired) electrons. The van der Waals surface area contributed by atoms with Gasteiger partial charge < -0.3 is 5.32 Å². The van der Waals surface area contributed by atoms with Crippen LogP contribution in [0.5, 0.6) is 0 Å². The molecule has 0 amide bonds. The van der Waals surface area contributed by atoms with E-state index in [1.807, 2.05) is 13.0 Å². The van der Waals surface area contributed by atoms with Gasteiger partial charge in [-0.2, -0.15) is 0 Å². The summed E-state index contributed by atoms with van der Waals surface area (Å²) in [5.41, 5.74) is 1.47. The Morgan fingerprint density at radius 1 is 1.46 bits per heavy atom. The molecule has 1 rings (SSSR count). The second-order valence-corrected chi connectivity index (χ2v) is 2.77. The Hall–Kier alpha value is -1.33. The quantitative estimate of drug-likeness (QED) is 0.695. The van der Waals surface area contributed by atoms with Gasteiger partial charge in [-0.05, 0) is 30.3 Å². The minimum atomic E-state index is -0.275. The van der Waals surface area contributed by atoms with Crippen molar-refractivity contribution in [2.45, 2.75) is 13.5 Å². The van der Waals surface area contributed by atoms with Gasteiger partial charge in [-0.25, -0.2) is 4.39 Å². The van der Waals surface area contributed by atoms with E-state index in [4.69, 9.17) is 6.42 Å². The van der Waals surface area contributed by atoms with Crippen LogP contribution >= 0.6 is 0 Å². The highest BCUT2D eigenvalue weighted by atomic mass is 19.1. The lowest BCUT2D eigenvalue weighted by molar-refractivity contribution is 0.621. The van der Waals surface area contributed by atoms with Crippen molar-refractivity contribution >= 4 is 0 Å². The van der Waals surface area contributed by atoms with Crippen molar-refractivity contribution in [3.63, 3.8) is 0 Å². The van der Waals surface area contributed by atoms with Gasteiger partial charge in [0.2, 0.25) is 0 Å². The van der Waals surface area contributed by atoms with Crippen LogP contribution in [0.3, 0.4) is 0 Å². The molecule has 0 aromatic heterocycles. The molecule has 0 spiro atoms. The third kappa shape index (κ3) is 2.89. The highest BCUT2D eigenvalue weighted by Crippen LogP contribution is 2.07. The molecule has 0 heterocycles. The third-order valence-electron chi connectivity index (χ3n) is 1.70. The molecule has 0 aliphatic carbocycles. The van der Waals surface area contributed by atoms with E-state index in [9.17, 15) is 4.39 Å². The summed E-state index contributed by atoms with van der Waals surface area (Å²) in [5, 5.41) is 3.11. The zero-order valence-electron chi connectivity index (χ0n) is 7.60. The van der Waals surface area contributed by atoms with Gasteiger partial charge in [0.25, 0.3) is 0 Å². The van der Waals surface area contributed by atoms with E-state index >= 15 is 0 Å². The fourth-order valence-electron chi connectivity index (χ4n) is 1.11. The average molecular weight is 177 g/mol. The molecule has 0 saturated heterocycles. The first-order valence-corrected chi connectivity index (χ1v) is 4.23. The Bertz CT molecular complexity index is 325. The number of halogens is 1. The van der Waals surface area contributed by atoms with Crippen LogP contribution in [0, 0.1) is 18.2 Å². The van der Waals surface area contributed by atoms with Crippen LogP contribution < -0.4 is 5.32 Å². The first-order valence-electron chi connectivity index (χ1n) is 4.23. The van der Waals surface area contributed by atoms with Crippen molar-refractivity contribution in [2.24, 2.45) is 0 Å². The minimum Gasteiger partial charge on any atom is -0.313 e. The molecule has 0 aliphatic rings. The summed E-state index contributed by atoms with van der Waals surface area (Å²) in [6.07, 6.45) is 5.18. The number of terminal acetylenes is 1. The minimum absolute atomic E-state index is 0.275. The molecule has 13 heavy (non-hydrogen) atoms. The van der Waals surface area contributed by atoms with Crippen molar-refractivity contribution in [1.82, 2.24) is 5.32 Å². The number of nitrogens with one attached hydrogen (secondary N) is 1. The Morgan fingerprint density at radius 3 is 2.85 bits per heavy atom. The zero-order chi connectivity index (χ0) is 9.68. The lowest BCUT2D eigenvalue weighted by Gasteiger charge is -2.02. The molecular weight excluding hydrogens is 165 g/mol. The van der Waals surface area contributed by atoms with Crippen LogP contribution in [0.15, 0.2) is 18.2 Å². The number of rotatable bonds is 3. The van der Waals surface area contributed by atoms with E-state index in [1.54, 1.807) is 0 Å². The maximum absolute atomic E-state index is 12.9. The van der Waals surface area contributed by atoms with Gasteiger partial charge in [0.1, 0.15) is 5.82 Å². The van der Waals surface area contributed by atoms with Crippen LogP contribution in [0.4, 0.5) is 4.39 Å². The van der Waals surface area contributed by atoms with Crippen LogP contribution in [0.1, 0.15) is 18.1 Å². The van der Waals surface area contributed by atoms with Crippen molar-refractivity contribution in [3.05, 3.63) is 35.1 Å². The summed E-state index contributed by atoms with van der Waals surface area (Å²) in [6, 6.07) is 4.66. The first kappa shape index (κ1) is 9.76. The van der Waals surface area contributed by atoms with Crippen LogP contribution in [0.2, 0.25) is 0 Å². The van der Waals surface area contributed by atoms with E-state index in [-0.39, 0.29) is 5.82 Å². The maximum atomic E-state index is 12.9. The van der Waals surface area contributed by atoms with Crippen molar-refractivity contribution in [3.8, 4) is 12.3 Å². The summed E-state index contributed by atoms with van der Waals surface area (Å²) in [5.74, 6) is 2.14. The molecule has 68 valence electrons. The number of benzene rings is 1. The topological polar surface area (TPSA) is 12.0 Å². The van der Waals surface area contributed by atoms with Gasteiger partial charge in [0, 0.05) is 12.1 Å². The van der Waals surface area contributed by atoms with E-state index in [2.05, 4.69) is 11.2 Å². The molecule has 1 aromatic rings. The predicted molar refractivity (Wildman–Crippen MR) is 51.7 cm³/mol. The summed E-state index contributed by atoms with van der Waals surface area (Å²) < 4.78 is 12.9. The third-order valence-corrected chi connectivity index (χ3v) is 1.70. The normalized spacial score (nSPS) is 9.62. The highest BCUT2D eigenvalue weighted by molar-refractivity contribution is 5.35. The molecule has 0 saturated carbocycles. The predicted octanol–water partition coefficient (Wildman–Crippen LogP) is 1.92. The Labute approximate surface area is 78.0 Å². The van der Waals surface area contributed by atoms with Crippen LogP contribution in [-0.2, 0) is 6.54 Å². The maximum Gasteiger partial charge on any atom is 0.124 e. The van der Waals surface area contributed by atoms with Crippen molar-refractivity contribution in [1.29, 1.82) is 0 Å². The smallest absolute Gasteiger partial charge is 0.124 e. The summed E-state index contributed by atoms with van der Waals surface area (Å²) in [7, 11) is 0. The van der Waals surface area contributed by atoms with Gasteiger partial charge in [-0.3, -0.25) is 0 Å². The van der Waals surface area contributed by atoms with E-state index in [1.165, 1.54) is 12.1 Å². The molecule has 0 fully saturated rings.